The molecule has 0 saturated heterocycles. The summed E-state index contributed by atoms with van der Waals surface area (Å²) in [6.07, 6.45) is -0.606. The van der Waals surface area contributed by atoms with Crippen LogP contribution in [0.4, 0.5) is 0 Å². The summed E-state index contributed by atoms with van der Waals surface area (Å²) in [4.78, 5) is 22.6. The molecule has 0 bridgehead atoms. The van der Waals surface area contributed by atoms with Crippen LogP contribution in [-0.4, -0.2) is 38.2 Å². The number of hydrogen-bond acceptors (Lipinski definition) is 6. The van der Waals surface area contributed by atoms with Crippen molar-refractivity contribution in [3.8, 4) is 0 Å². The monoisotopic (exact) mass is 260 g/mol. The summed E-state index contributed by atoms with van der Waals surface area (Å²) in [7, 11) is 2.87. The molecule has 0 spiro atoms. The zero-order valence-corrected chi connectivity index (χ0v) is 11.4. The molecule has 0 heterocycles. The van der Waals surface area contributed by atoms with Crippen LogP contribution in [0.1, 0.15) is 27.2 Å². The van der Waals surface area contributed by atoms with E-state index in [1.165, 1.54) is 35.0 Å². The lowest BCUT2D eigenvalue weighted by Gasteiger charge is -2.31. The standard InChI is InChI=1S/C12H20O6/c1-8(2)11(14)18-12(4,17-9(3)13)7-10(15-5)16-6/h10H,1,7H2,2-6H3. The average Bonchev–Trinajstić information content (AvgIpc) is 2.24. The van der Waals surface area contributed by atoms with Crippen LogP contribution in [0.3, 0.4) is 0 Å². The van der Waals surface area contributed by atoms with Gasteiger partial charge in [0, 0.05) is 33.6 Å². The minimum absolute atomic E-state index is 0.0542. The molecular weight excluding hydrogens is 240 g/mol. The fourth-order valence-electron chi connectivity index (χ4n) is 1.26. The highest BCUT2D eigenvalue weighted by Gasteiger charge is 2.36. The smallest absolute Gasteiger partial charge is 0.336 e. The van der Waals surface area contributed by atoms with E-state index in [9.17, 15) is 9.59 Å². The molecule has 0 N–H and O–H groups in total. The topological polar surface area (TPSA) is 71.1 Å². The van der Waals surface area contributed by atoms with Crippen molar-refractivity contribution in [1.29, 1.82) is 0 Å². The Labute approximate surface area is 107 Å². The summed E-state index contributed by atoms with van der Waals surface area (Å²) in [6.45, 7) is 7.64. The lowest BCUT2D eigenvalue weighted by atomic mass is 10.2. The highest BCUT2D eigenvalue weighted by Crippen LogP contribution is 2.23. The van der Waals surface area contributed by atoms with Gasteiger partial charge in [-0.3, -0.25) is 4.79 Å². The first-order valence-electron chi connectivity index (χ1n) is 5.38. The van der Waals surface area contributed by atoms with Crippen molar-refractivity contribution in [2.45, 2.75) is 39.3 Å². The van der Waals surface area contributed by atoms with Gasteiger partial charge in [-0.1, -0.05) is 6.58 Å². The number of carbonyl (C=O) groups is 2. The maximum absolute atomic E-state index is 11.5. The molecule has 0 amide bonds. The van der Waals surface area contributed by atoms with Gasteiger partial charge in [-0.25, -0.2) is 4.79 Å². The van der Waals surface area contributed by atoms with Crippen LogP contribution >= 0.6 is 0 Å². The first kappa shape index (κ1) is 16.6. The number of ether oxygens (including phenoxy) is 4. The van der Waals surface area contributed by atoms with Gasteiger partial charge >= 0.3 is 11.9 Å². The third-order valence-electron chi connectivity index (χ3n) is 2.08. The maximum Gasteiger partial charge on any atom is 0.336 e. The minimum atomic E-state index is -1.46. The minimum Gasteiger partial charge on any atom is -0.423 e. The second-order valence-corrected chi connectivity index (χ2v) is 4.00. The zero-order chi connectivity index (χ0) is 14.3. The normalized spacial score (nSPS) is 13.9. The Bertz CT molecular complexity index is 321. The van der Waals surface area contributed by atoms with Gasteiger partial charge < -0.3 is 18.9 Å². The summed E-state index contributed by atoms with van der Waals surface area (Å²) in [6, 6.07) is 0. The van der Waals surface area contributed by atoms with E-state index in [0.29, 0.717) is 0 Å². The number of rotatable bonds is 7. The molecule has 0 aromatic rings. The van der Waals surface area contributed by atoms with Crippen LogP contribution in [0, 0.1) is 0 Å². The van der Waals surface area contributed by atoms with Crippen molar-refractivity contribution in [2.24, 2.45) is 0 Å². The molecule has 0 aliphatic carbocycles. The Morgan fingerprint density at radius 1 is 1.17 bits per heavy atom. The Kier molecular flexibility index (Phi) is 6.57. The van der Waals surface area contributed by atoms with Crippen LogP contribution in [0.25, 0.3) is 0 Å². The highest BCUT2D eigenvalue weighted by atomic mass is 16.7. The van der Waals surface area contributed by atoms with E-state index in [0.717, 1.165) is 0 Å². The second-order valence-electron chi connectivity index (χ2n) is 4.00. The maximum atomic E-state index is 11.5. The van der Waals surface area contributed by atoms with E-state index in [1.807, 2.05) is 0 Å². The van der Waals surface area contributed by atoms with E-state index in [4.69, 9.17) is 18.9 Å². The van der Waals surface area contributed by atoms with Crippen LogP contribution in [0.2, 0.25) is 0 Å². The molecule has 0 radical (unpaired) electrons. The lowest BCUT2D eigenvalue weighted by molar-refractivity contribution is -0.243. The van der Waals surface area contributed by atoms with Crippen molar-refractivity contribution in [3.05, 3.63) is 12.2 Å². The van der Waals surface area contributed by atoms with E-state index in [-0.39, 0.29) is 12.0 Å². The molecule has 104 valence electrons. The van der Waals surface area contributed by atoms with Crippen LogP contribution in [-0.2, 0) is 28.5 Å². The first-order valence-corrected chi connectivity index (χ1v) is 5.38. The molecule has 18 heavy (non-hydrogen) atoms. The molecule has 0 rings (SSSR count). The molecule has 1 atom stereocenters. The van der Waals surface area contributed by atoms with Crippen molar-refractivity contribution in [3.63, 3.8) is 0 Å². The quantitative estimate of drug-likeness (QED) is 0.391. The molecule has 0 aromatic heterocycles. The van der Waals surface area contributed by atoms with Gasteiger partial charge in [0.15, 0.2) is 6.29 Å². The van der Waals surface area contributed by atoms with Gasteiger partial charge in [0.05, 0.1) is 6.42 Å². The van der Waals surface area contributed by atoms with E-state index in [2.05, 4.69) is 6.58 Å². The third-order valence-corrected chi connectivity index (χ3v) is 2.08. The molecule has 0 aliphatic rings. The van der Waals surface area contributed by atoms with Gasteiger partial charge in [0.2, 0.25) is 0 Å². The summed E-state index contributed by atoms with van der Waals surface area (Å²) in [5.41, 5.74) is 0.208. The molecular formula is C12H20O6. The number of methoxy groups -OCH3 is 2. The summed E-state index contributed by atoms with van der Waals surface area (Å²) < 4.78 is 20.1. The Hall–Kier alpha value is -1.40. The predicted octanol–water partition coefficient (Wildman–Crippen LogP) is 1.39. The van der Waals surface area contributed by atoms with E-state index in [1.54, 1.807) is 0 Å². The Morgan fingerprint density at radius 3 is 2.00 bits per heavy atom. The third kappa shape index (κ3) is 5.79. The van der Waals surface area contributed by atoms with E-state index < -0.39 is 24.0 Å². The van der Waals surface area contributed by atoms with Crippen molar-refractivity contribution >= 4 is 11.9 Å². The lowest BCUT2D eigenvalue weighted by Crippen LogP contribution is -2.41. The Morgan fingerprint density at radius 2 is 1.67 bits per heavy atom. The van der Waals surface area contributed by atoms with Crippen LogP contribution in [0.5, 0.6) is 0 Å². The van der Waals surface area contributed by atoms with Crippen molar-refractivity contribution in [1.82, 2.24) is 0 Å². The molecule has 0 aliphatic heterocycles. The Balaban J connectivity index is 4.86. The predicted molar refractivity (Wildman–Crippen MR) is 63.5 cm³/mol. The second kappa shape index (κ2) is 7.13. The van der Waals surface area contributed by atoms with Gasteiger partial charge in [0.25, 0.3) is 5.79 Å². The SMILES string of the molecule is C=C(C)C(=O)OC(C)(CC(OC)OC)OC(C)=O. The molecule has 0 saturated carbocycles. The summed E-state index contributed by atoms with van der Waals surface area (Å²) >= 11 is 0. The number of esters is 2. The number of hydrogen-bond donors (Lipinski definition) is 0. The van der Waals surface area contributed by atoms with Gasteiger partial charge in [-0.05, 0) is 6.92 Å². The largest absolute Gasteiger partial charge is 0.423 e. The van der Waals surface area contributed by atoms with Crippen LogP contribution in [0.15, 0.2) is 12.2 Å². The van der Waals surface area contributed by atoms with Gasteiger partial charge in [-0.15, -0.1) is 0 Å². The molecule has 0 fully saturated rings. The fourth-order valence-corrected chi connectivity index (χ4v) is 1.26. The fraction of sp³-hybridized carbons (Fsp3) is 0.667. The number of carbonyl (C=O) groups excluding carboxylic acids is 2. The first-order chi connectivity index (χ1) is 8.24. The average molecular weight is 260 g/mol. The van der Waals surface area contributed by atoms with E-state index >= 15 is 0 Å². The van der Waals surface area contributed by atoms with Crippen molar-refractivity contribution in [2.75, 3.05) is 14.2 Å². The zero-order valence-electron chi connectivity index (χ0n) is 11.4. The summed E-state index contributed by atoms with van der Waals surface area (Å²) in [5.74, 6) is -2.68. The molecule has 1 unspecified atom stereocenters. The van der Waals surface area contributed by atoms with Crippen molar-refractivity contribution < 1.29 is 28.5 Å². The van der Waals surface area contributed by atoms with Crippen LogP contribution < -0.4 is 0 Å². The van der Waals surface area contributed by atoms with Gasteiger partial charge in [-0.2, -0.15) is 0 Å². The molecule has 6 nitrogen and oxygen atoms in total. The highest BCUT2D eigenvalue weighted by molar-refractivity contribution is 5.87. The summed E-state index contributed by atoms with van der Waals surface area (Å²) in [5, 5.41) is 0. The van der Waals surface area contributed by atoms with Gasteiger partial charge in [0.1, 0.15) is 0 Å². The molecule has 0 aromatic carbocycles. The molecule has 6 heteroatoms.